The molecule has 0 bridgehead atoms. The number of aryl methyl sites for hydroxylation is 2. The second kappa shape index (κ2) is 10.5. The van der Waals surface area contributed by atoms with Crippen molar-refractivity contribution in [2.24, 2.45) is 0 Å². The van der Waals surface area contributed by atoms with Gasteiger partial charge < -0.3 is 20.1 Å². The minimum atomic E-state index is -3.69. The van der Waals surface area contributed by atoms with E-state index in [-0.39, 0.29) is 16.9 Å². The van der Waals surface area contributed by atoms with Crippen LogP contribution in [0.5, 0.6) is 0 Å². The molecule has 2 fully saturated rings. The summed E-state index contributed by atoms with van der Waals surface area (Å²) in [5.41, 5.74) is 2.20. The van der Waals surface area contributed by atoms with Gasteiger partial charge in [0.2, 0.25) is 10.0 Å². The molecule has 180 valence electrons. The lowest BCUT2D eigenvalue weighted by molar-refractivity contribution is 0.0730. The van der Waals surface area contributed by atoms with Crippen molar-refractivity contribution in [3.8, 4) is 0 Å². The molecule has 1 aromatic heterocycles. The summed E-state index contributed by atoms with van der Waals surface area (Å²) in [6.45, 7) is 6.79. The van der Waals surface area contributed by atoms with Crippen molar-refractivity contribution in [1.82, 2.24) is 4.31 Å². The first kappa shape index (κ1) is 24.2. The smallest absolute Gasteiger partial charge is 0.265 e. The summed E-state index contributed by atoms with van der Waals surface area (Å²) in [6, 6.07) is 6.73. The Bertz CT molecular complexity index is 1090. The SMILES string of the molecule is CCc1sc(C(=O)Nc2cc(S(=O)(=O)N3CCOCC3)ccc2NCC2CCCO2)cc1C. The van der Waals surface area contributed by atoms with Crippen LogP contribution in [0, 0.1) is 6.92 Å². The van der Waals surface area contributed by atoms with E-state index in [9.17, 15) is 13.2 Å². The fourth-order valence-corrected chi connectivity index (χ4v) is 6.52. The predicted octanol–water partition coefficient (Wildman–Crippen LogP) is 3.48. The maximum atomic E-state index is 13.2. The van der Waals surface area contributed by atoms with Crippen molar-refractivity contribution in [1.29, 1.82) is 0 Å². The topological polar surface area (TPSA) is 97.0 Å². The molecule has 1 amide bonds. The molecule has 1 unspecified atom stereocenters. The highest BCUT2D eigenvalue weighted by molar-refractivity contribution is 7.89. The molecular weight excluding hydrogens is 462 g/mol. The van der Waals surface area contributed by atoms with Crippen molar-refractivity contribution >= 4 is 38.6 Å². The summed E-state index contributed by atoms with van der Waals surface area (Å²) < 4.78 is 38.8. The van der Waals surface area contributed by atoms with Crippen LogP contribution in [0.25, 0.3) is 0 Å². The Morgan fingerprint density at radius 1 is 1.18 bits per heavy atom. The van der Waals surface area contributed by atoms with Crippen LogP contribution >= 0.6 is 11.3 Å². The monoisotopic (exact) mass is 493 g/mol. The molecule has 33 heavy (non-hydrogen) atoms. The molecule has 2 aliphatic heterocycles. The van der Waals surface area contributed by atoms with E-state index in [2.05, 4.69) is 17.6 Å². The van der Waals surface area contributed by atoms with E-state index in [4.69, 9.17) is 9.47 Å². The number of amides is 1. The Balaban J connectivity index is 1.61. The minimum absolute atomic E-state index is 0.109. The molecule has 2 N–H and O–H groups in total. The largest absolute Gasteiger partial charge is 0.381 e. The highest BCUT2D eigenvalue weighted by Gasteiger charge is 2.27. The number of thiophene rings is 1. The zero-order valence-electron chi connectivity index (χ0n) is 19.1. The first-order valence-corrected chi connectivity index (χ1v) is 13.6. The molecule has 8 nitrogen and oxygen atoms in total. The van der Waals surface area contributed by atoms with Gasteiger partial charge in [0.15, 0.2) is 0 Å². The van der Waals surface area contributed by atoms with Crippen LogP contribution in [0.2, 0.25) is 0 Å². The van der Waals surface area contributed by atoms with Gasteiger partial charge in [0.1, 0.15) is 0 Å². The van der Waals surface area contributed by atoms with E-state index >= 15 is 0 Å². The van der Waals surface area contributed by atoms with Crippen LogP contribution in [0.4, 0.5) is 11.4 Å². The zero-order chi connectivity index (χ0) is 23.4. The lowest BCUT2D eigenvalue weighted by atomic mass is 10.2. The van der Waals surface area contributed by atoms with Gasteiger partial charge in [-0.15, -0.1) is 11.3 Å². The Kier molecular flexibility index (Phi) is 7.70. The lowest BCUT2D eigenvalue weighted by Gasteiger charge is -2.26. The van der Waals surface area contributed by atoms with Gasteiger partial charge in [-0.2, -0.15) is 4.31 Å². The van der Waals surface area contributed by atoms with E-state index < -0.39 is 10.0 Å². The third-order valence-corrected chi connectivity index (χ3v) is 9.23. The normalized spacial score (nSPS) is 19.5. The Morgan fingerprint density at radius 2 is 1.97 bits per heavy atom. The number of ether oxygens (including phenoxy) is 2. The zero-order valence-corrected chi connectivity index (χ0v) is 20.7. The number of rotatable bonds is 8. The molecule has 2 saturated heterocycles. The average Bonchev–Trinajstić information content (AvgIpc) is 3.48. The molecule has 10 heteroatoms. The van der Waals surface area contributed by atoms with Gasteiger partial charge in [0.05, 0.1) is 40.5 Å². The van der Waals surface area contributed by atoms with Crippen molar-refractivity contribution in [2.75, 3.05) is 50.1 Å². The summed E-state index contributed by atoms with van der Waals surface area (Å²) in [5.74, 6) is -0.246. The predicted molar refractivity (Wildman–Crippen MR) is 130 cm³/mol. The number of anilines is 2. The second-order valence-electron chi connectivity index (χ2n) is 8.26. The molecule has 3 heterocycles. The molecule has 4 rings (SSSR count). The van der Waals surface area contributed by atoms with Crippen LogP contribution in [0.1, 0.15) is 39.9 Å². The van der Waals surface area contributed by atoms with Crippen LogP contribution < -0.4 is 10.6 Å². The van der Waals surface area contributed by atoms with Crippen molar-refractivity contribution < 1.29 is 22.7 Å². The molecule has 2 aliphatic rings. The van der Waals surface area contributed by atoms with Crippen LogP contribution in [-0.2, 0) is 25.9 Å². The number of sulfonamides is 1. The Morgan fingerprint density at radius 3 is 2.64 bits per heavy atom. The van der Waals surface area contributed by atoms with E-state index in [0.29, 0.717) is 49.1 Å². The maximum absolute atomic E-state index is 13.2. The Labute approximate surface area is 199 Å². The summed E-state index contributed by atoms with van der Waals surface area (Å²) in [6.07, 6.45) is 2.99. The van der Waals surface area contributed by atoms with Gasteiger partial charge in [-0.25, -0.2) is 8.42 Å². The number of morpholine rings is 1. The number of hydrogen-bond donors (Lipinski definition) is 2. The highest BCUT2D eigenvalue weighted by atomic mass is 32.2. The summed E-state index contributed by atoms with van der Waals surface area (Å²) in [4.78, 5) is 15.0. The molecule has 0 spiro atoms. The van der Waals surface area contributed by atoms with Crippen molar-refractivity contribution in [3.05, 3.63) is 39.6 Å². The molecule has 0 aliphatic carbocycles. The minimum Gasteiger partial charge on any atom is -0.381 e. The van der Waals surface area contributed by atoms with Gasteiger partial charge >= 0.3 is 0 Å². The van der Waals surface area contributed by atoms with Gasteiger partial charge in [-0.1, -0.05) is 6.92 Å². The third-order valence-electron chi connectivity index (χ3n) is 5.96. The number of nitrogens with zero attached hydrogens (tertiary/aromatic N) is 1. The number of carbonyl (C=O) groups excluding carboxylic acids is 1. The van der Waals surface area contributed by atoms with E-state index in [1.54, 1.807) is 18.2 Å². The Hall–Kier alpha value is -1.98. The summed E-state index contributed by atoms with van der Waals surface area (Å²) >= 11 is 1.47. The molecule has 2 aromatic rings. The maximum Gasteiger partial charge on any atom is 0.265 e. The van der Waals surface area contributed by atoms with E-state index in [1.165, 1.54) is 20.5 Å². The fourth-order valence-electron chi connectivity index (χ4n) is 4.07. The quantitative estimate of drug-likeness (QED) is 0.584. The standard InChI is InChI=1S/C23H31N3O5S2/c1-3-21-16(2)13-22(32-21)23(27)25-20-14-18(33(28,29)26-8-11-30-12-9-26)6-7-19(20)24-15-17-5-4-10-31-17/h6-7,13-14,17,24H,3-5,8-12,15H2,1-2H3,(H,25,27). The number of carbonyl (C=O) groups is 1. The molecule has 0 radical (unpaired) electrons. The second-order valence-corrected chi connectivity index (χ2v) is 11.3. The highest BCUT2D eigenvalue weighted by Crippen LogP contribution is 2.30. The lowest BCUT2D eigenvalue weighted by Crippen LogP contribution is -2.40. The molecular formula is C23H31N3O5S2. The average molecular weight is 494 g/mol. The first-order chi connectivity index (χ1) is 15.9. The van der Waals surface area contributed by atoms with Gasteiger partial charge in [0.25, 0.3) is 5.91 Å². The van der Waals surface area contributed by atoms with Gasteiger partial charge in [-0.05, 0) is 56.0 Å². The van der Waals surface area contributed by atoms with E-state index in [1.807, 2.05) is 13.0 Å². The summed E-state index contributed by atoms with van der Waals surface area (Å²) in [5, 5.41) is 6.28. The van der Waals surface area contributed by atoms with Gasteiger partial charge in [0, 0.05) is 31.1 Å². The van der Waals surface area contributed by atoms with Crippen molar-refractivity contribution in [3.63, 3.8) is 0 Å². The first-order valence-electron chi connectivity index (χ1n) is 11.4. The molecule has 0 saturated carbocycles. The van der Waals surface area contributed by atoms with Crippen LogP contribution in [0.15, 0.2) is 29.2 Å². The molecule has 1 atom stereocenters. The summed E-state index contributed by atoms with van der Waals surface area (Å²) in [7, 11) is -3.69. The number of hydrogen-bond acceptors (Lipinski definition) is 7. The van der Waals surface area contributed by atoms with Gasteiger partial charge in [-0.3, -0.25) is 4.79 Å². The third kappa shape index (κ3) is 5.58. The van der Waals surface area contributed by atoms with Crippen LogP contribution in [0.3, 0.4) is 0 Å². The van der Waals surface area contributed by atoms with Crippen LogP contribution in [-0.4, -0.2) is 64.2 Å². The molecule has 1 aromatic carbocycles. The number of nitrogens with one attached hydrogen (secondary N) is 2. The van der Waals surface area contributed by atoms with Crippen molar-refractivity contribution in [2.45, 2.75) is 44.1 Å². The van der Waals surface area contributed by atoms with E-state index in [0.717, 1.165) is 31.4 Å². The fraction of sp³-hybridized carbons (Fsp3) is 0.522. The number of benzene rings is 1.